The number of nitrogens with one attached hydrogen (secondary N) is 1. The van der Waals surface area contributed by atoms with Crippen molar-refractivity contribution < 1.29 is 4.79 Å². The zero-order valence-corrected chi connectivity index (χ0v) is 16.8. The summed E-state index contributed by atoms with van der Waals surface area (Å²) in [7, 11) is 1.88. The molecular weight excluding hydrogens is 424 g/mol. The van der Waals surface area contributed by atoms with E-state index < -0.39 is 0 Å². The summed E-state index contributed by atoms with van der Waals surface area (Å²) in [4.78, 5) is 12.1. The van der Waals surface area contributed by atoms with Crippen LogP contribution in [0.3, 0.4) is 0 Å². The minimum atomic E-state index is -0.144. The lowest BCUT2D eigenvalue weighted by atomic mass is 10.2. The number of hydrogen-bond acceptors (Lipinski definition) is 7. The molecule has 130 valence electrons. The van der Waals surface area contributed by atoms with Crippen LogP contribution < -0.4 is 5.32 Å². The van der Waals surface area contributed by atoms with Crippen LogP contribution >= 0.6 is 39.0 Å². The molecule has 0 spiro atoms. The summed E-state index contributed by atoms with van der Waals surface area (Å²) in [5.41, 5.74) is 0.953. The number of benzene rings is 1. The highest BCUT2D eigenvalue weighted by atomic mass is 79.9. The molecule has 0 fully saturated rings. The zero-order chi connectivity index (χ0) is 17.8. The Kier molecular flexibility index (Phi) is 5.82. The predicted octanol–water partition coefficient (Wildman–Crippen LogP) is 3.39. The largest absolute Gasteiger partial charge is 0.305 e. The predicted molar refractivity (Wildman–Crippen MR) is 103 cm³/mol. The van der Waals surface area contributed by atoms with Crippen molar-refractivity contribution in [3.05, 3.63) is 33.7 Å². The highest BCUT2D eigenvalue weighted by Gasteiger charge is 2.15. The molecule has 1 aromatic carbocycles. The molecule has 0 saturated heterocycles. The Balaban J connectivity index is 1.64. The third-order valence-electron chi connectivity index (χ3n) is 3.30. The van der Waals surface area contributed by atoms with Gasteiger partial charge in [0.05, 0.1) is 5.75 Å². The molecule has 2 heterocycles. The van der Waals surface area contributed by atoms with E-state index in [1.165, 1.54) is 23.1 Å². The normalized spacial score (nSPS) is 10.8. The summed E-state index contributed by atoms with van der Waals surface area (Å²) >= 11 is 6.23. The quantitative estimate of drug-likeness (QED) is 0.593. The lowest BCUT2D eigenvalue weighted by Gasteiger charge is -2.05. The number of carbonyl (C=O) groups is 1. The van der Waals surface area contributed by atoms with E-state index in [2.05, 4.69) is 41.6 Å². The lowest BCUT2D eigenvalue weighted by Crippen LogP contribution is -2.14. The minimum Gasteiger partial charge on any atom is -0.305 e. The average molecular weight is 439 g/mol. The fourth-order valence-electron chi connectivity index (χ4n) is 2.05. The molecule has 0 aliphatic carbocycles. The number of aromatic nitrogens is 5. The summed E-state index contributed by atoms with van der Waals surface area (Å²) in [5, 5.41) is 21.2. The van der Waals surface area contributed by atoms with Crippen LogP contribution in [0.5, 0.6) is 0 Å². The first-order valence-corrected chi connectivity index (χ1v) is 10.1. The molecule has 2 aromatic heterocycles. The Morgan fingerprint density at radius 2 is 2.08 bits per heavy atom. The number of thioether (sulfide) groups is 1. The summed E-state index contributed by atoms with van der Waals surface area (Å²) in [6.45, 7) is 2.00. The molecule has 25 heavy (non-hydrogen) atoms. The summed E-state index contributed by atoms with van der Waals surface area (Å²) in [6, 6.07) is 7.82. The SMILES string of the molecule is CCc1nnc(NC(=O)CSc2nnc(-c3ccccc3Br)n2C)s1. The van der Waals surface area contributed by atoms with Gasteiger partial charge in [-0.05, 0) is 12.5 Å². The second kappa shape index (κ2) is 8.07. The zero-order valence-electron chi connectivity index (χ0n) is 13.6. The van der Waals surface area contributed by atoms with Crippen molar-refractivity contribution >= 4 is 50.1 Å². The first kappa shape index (κ1) is 18.0. The van der Waals surface area contributed by atoms with Crippen molar-refractivity contribution in [2.24, 2.45) is 7.05 Å². The number of carbonyl (C=O) groups excluding carboxylic acids is 1. The van der Waals surface area contributed by atoms with E-state index in [9.17, 15) is 4.79 Å². The molecule has 1 N–H and O–H groups in total. The van der Waals surface area contributed by atoms with E-state index in [-0.39, 0.29) is 11.7 Å². The molecule has 0 aliphatic rings. The number of hydrogen-bond donors (Lipinski definition) is 1. The number of nitrogens with zero attached hydrogens (tertiary/aromatic N) is 5. The van der Waals surface area contributed by atoms with Gasteiger partial charge in [-0.15, -0.1) is 20.4 Å². The second-order valence-electron chi connectivity index (χ2n) is 5.04. The lowest BCUT2D eigenvalue weighted by molar-refractivity contribution is -0.113. The number of anilines is 1. The van der Waals surface area contributed by atoms with Crippen LogP contribution in [-0.2, 0) is 18.3 Å². The molecule has 0 unspecified atom stereocenters. The van der Waals surface area contributed by atoms with E-state index >= 15 is 0 Å². The Hall–Kier alpha value is -1.78. The fourth-order valence-corrected chi connectivity index (χ4v) is 3.92. The van der Waals surface area contributed by atoms with Crippen molar-refractivity contribution in [1.29, 1.82) is 0 Å². The van der Waals surface area contributed by atoms with Crippen LogP contribution in [0.15, 0.2) is 33.9 Å². The molecule has 3 aromatic rings. The van der Waals surface area contributed by atoms with E-state index in [0.29, 0.717) is 10.3 Å². The number of rotatable bonds is 6. The fraction of sp³-hybridized carbons (Fsp3) is 0.267. The molecule has 0 saturated carbocycles. The van der Waals surface area contributed by atoms with Crippen molar-refractivity contribution in [2.45, 2.75) is 18.5 Å². The minimum absolute atomic E-state index is 0.144. The van der Waals surface area contributed by atoms with E-state index in [1.807, 2.05) is 42.8 Å². The molecule has 7 nitrogen and oxygen atoms in total. The molecule has 3 rings (SSSR count). The van der Waals surface area contributed by atoms with Crippen molar-refractivity contribution in [3.8, 4) is 11.4 Å². The van der Waals surface area contributed by atoms with Gasteiger partial charge in [-0.2, -0.15) is 0 Å². The van der Waals surface area contributed by atoms with Gasteiger partial charge in [-0.3, -0.25) is 10.1 Å². The topological polar surface area (TPSA) is 85.6 Å². The van der Waals surface area contributed by atoms with Gasteiger partial charge in [-0.1, -0.05) is 64.2 Å². The van der Waals surface area contributed by atoms with Crippen LogP contribution in [0.25, 0.3) is 11.4 Å². The van der Waals surface area contributed by atoms with Crippen LogP contribution in [0.1, 0.15) is 11.9 Å². The van der Waals surface area contributed by atoms with E-state index in [1.54, 1.807) is 0 Å². The molecule has 10 heteroatoms. The smallest absolute Gasteiger partial charge is 0.236 e. The number of halogens is 1. The highest BCUT2D eigenvalue weighted by Crippen LogP contribution is 2.28. The third kappa shape index (κ3) is 4.25. The maximum Gasteiger partial charge on any atom is 0.236 e. The standard InChI is InChI=1S/C15H15BrN6OS2/c1-3-12-18-20-14(25-12)17-11(23)8-24-15-21-19-13(22(15)2)9-6-4-5-7-10(9)16/h4-7H,3,8H2,1-2H3,(H,17,20,23). The number of amides is 1. The van der Waals surface area contributed by atoms with Gasteiger partial charge in [0.25, 0.3) is 0 Å². The number of aryl methyl sites for hydroxylation is 1. The van der Waals surface area contributed by atoms with Crippen LogP contribution in [-0.4, -0.2) is 36.6 Å². The van der Waals surface area contributed by atoms with Gasteiger partial charge in [-0.25, -0.2) is 0 Å². The monoisotopic (exact) mass is 438 g/mol. The first-order valence-electron chi connectivity index (χ1n) is 7.47. The van der Waals surface area contributed by atoms with Crippen molar-refractivity contribution in [1.82, 2.24) is 25.0 Å². The molecule has 1 amide bonds. The summed E-state index contributed by atoms with van der Waals surface area (Å²) in [6.07, 6.45) is 0.805. The van der Waals surface area contributed by atoms with Crippen LogP contribution in [0.2, 0.25) is 0 Å². The average Bonchev–Trinajstić information content (AvgIpc) is 3.20. The van der Waals surface area contributed by atoms with Crippen molar-refractivity contribution in [2.75, 3.05) is 11.1 Å². The first-order chi connectivity index (χ1) is 12.1. The second-order valence-corrected chi connectivity index (χ2v) is 7.90. The Bertz CT molecular complexity index is 894. The molecule has 0 radical (unpaired) electrons. The maximum absolute atomic E-state index is 12.1. The third-order valence-corrected chi connectivity index (χ3v) is 5.99. The van der Waals surface area contributed by atoms with Gasteiger partial charge in [0.15, 0.2) is 11.0 Å². The Labute approximate surface area is 161 Å². The summed E-state index contributed by atoms with van der Waals surface area (Å²) < 4.78 is 2.82. The van der Waals surface area contributed by atoms with Crippen LogP contribution in [0.4, 0.5) is 5.13 Å². The molecular formula is C15H15BrN6OS2. The van der Waals surface area contributed by atoms with E-state index in [0.717, 1.165) is 27.3 Å². The summed E-state index contributed by atoms with van der Waals surface area (Å²) in [5.74, 6) is 0.824. The Morgan fingerprint density at radius 3 is 2.80 bits per heavy atom. The molecule has 0 atom stereocenters. The van der Waals surface area contributed by atoms with Gasteiger partial charge in [0.2, 0.25) is 11.0 Å². The van der Waals surface area contributed by atoms with Crippen molar-refractivity contribution in [3.63, 3.8) is 0 Å². The van der Waals surface area contributed by atoms with E-state index in [4.69, 9.17) is 0 Å². The van der Waals surface area contributed by atoms with Crippen LogP contribution in [0, 0.1) is 0 Å². The van der Waals surface area contributed by atoms with Gasteiger partial charge in [0, 0.05) is 17.1 Å². The van der Waals surface area contributed by atoms with Gasteiger partial charge in [0.1, 0.15) is 5.01 Å². The maximum atomic E-state index is 12.1. The van der Waals surface area contributed by atoms with Gasteiger partial charge >= 0.3 is 0 Å². The Morgan fingerprint density at radius 1 is 1.28 bits per heavy atom. The highest BCUT2D eigenvalue weighted by molar-refractivity contribution is 9.10. The molecule has 0 aliphatic heterocycles. The molecule has 0 bridgehead atoms. The van der Waals surface area contributed by atoms with Gasteiger partial charge < -0.3 is 4.57 Å².